The van der Waals surface area contributed by atoms with Gasteiger partial charge in [-0.1, -0.05) is 6.58 Å². The molecule has 24 heavy (non-hydrogen) atoms. The SMILES string of the molecule is C=C(Nc1sc2c(c1SNC1CC(F)(F)C1)CCCC2)[C@H]1C[C@@H]1F. The van der Waals surface area contributed by atoms with E-state index in [9.17, 15) is 13.2 Å². The third kappa shape index (κ3) is 3.35. The normalized spacial score (nSPS) is 28.1. The second kappa shape index (κ2) is 6.25. The van der Waals surface area contributed by atoms with Crippen LogP contribution in [0, 0.1) is 5.92 Å². The lowest BCUT2D eigenvalue weighted by Crippen LogP contribution is -2.46. The molecule has 0 aliphatic heterocycles. The molecular formula is C17H21F3N2S2. The zero-order chi connectivity index (χ0) is 16.9. The van der Waals surface area contributed by atoms with Gasteiger partial charge in [0.25, 0.3) is 5.92 Å². The Bertz CT molecular complexity index is 651. The van der Waals surface area contributed by atoms with E-state index in [1.54, 1.807) is 11.3 Å². The van der Waals surface area contributed by atoms with Crippen LogP contribution in [0.15, 0.2) is 17.2 Å². The summed E-state index contributed by atoms with van der Waals surface area (Å²) in [4.78, 5) is 2.47. The monoisotopic (exact) mass is 374 g/mol. The molecule has 2 N–H and O–H groups in total. The van der Waals surface area contributed by atoms with E-state index in [-0.39, 0.29) is 24.8 Å². The van der Waals surface area contributed by atoms with Gasteiger partial charge in [-0.05, 0) is 49.6 Å². The van der Waals surface area contributed by atoms with Gasteiger partial charge in [0.2, 0.25) is 0 Å². The van der Waals surface area contributed by atoms with Crippen LogP contribution < -0.4 is 10.0 Å². The van der Waals surface area contributed by atoms with Gasteiger partial charge in [-0.15, -0.1) is 11.3 Å². The summed E-state index contributed by atoms with van der Waals surface area (Å²) in [6.07, 6.45) is 4.05. The van der Waals surface area contributed by atoms with E-state index in [0.29, 0.717) is 6.42 Å². The van der Waals surface area contributed by atoms with Crippen LogP contribution in [0.1, 0.15) is 42.5 Å². The largest absolute Gasteiger partial charge is 0.350 e. The Kier molecular flexibility index (Phi) is 4.37. The lowest BCUT2D eigenvalue weighted by molar-refractivity contribution is -0.0872. The summed E-state index contributed by atoms with van der Waals surface area (Å²) >= 11 is 3.17. The molecule has 0 bridgehead atoms. The van der Waals surface area contributed by atoms with Gasteiger partial charge < -0.3 is 5.32 Å². The molecule has 7 heteroatoms. The van der Waals surface area contributed by atoms with Crippen LogP contribution in [-0.2, 0) is 12.8 Å². The molecule has 1 aromatic rings. The Balaban J connectivity index is 1.47. The van der Waals surface area contributed by atoms with Gasteiger partial charge in [0, 0.05) is 35.4 Å². The van der Waals surface area contributed by atoms with Crippen LogP contribution in [0.4, 0.5) is 18.2 Å². The van der Waals surface area contributed by atoms with E-state index in [2.05, 4.69) is 16.6 Å². The number of alkyl halides is 3. The molecule has 3 aliphatic carbocycles. The summed E-state index contributed by atoms with van der Waals surface area (Å²) in [5.74, 6) is -2.59. The first-order chi connectivity index (χ1) is 11.4. The van der Waals surface area contributed by atoms with Crippen molar-refractivity contribution in [2.24, 2.45) is 5.92 Å². The fourth-order valence-corrected chi connectivity index (χ4v) is 5.85. The molecule has 132 valence electrons. The molecule has 1 aromatic heterocycles. The minimum Gasteiger partial charge on any atom is -0.350 e. The topological polar surface area (TPSA) is 24.1 Å². The van der Waals surface area contributed by atoms with Crippen LogP contribution >= 0.6 is 23.3 Å². The molecule has 2 nitrogen and oxygen atoms in total. The predicted octanol–water partition coefficient (Wildman–Crippen LogP) is 5.30. The summed E-state index contributed by atoms with van der Waals surface area (Å²) in [5.41, 5.74) is 2.07. The van der Waals surface area contributed by atoms with Crippen molar-refractivity contribution in [3.63, 3.8) is 0 Å². The van der Waals surface area contributed by atoms with Crippen molar-refractivity contribution in [2.75, 3.05) is 5.32 Å². The first kappa shape index (κ1) is 16.8. The number of thiophene rings is 1. The van der Waals surface area contributed by atoms with Crippen molar-refractivity contribution >= 4 is 28.3 Å². The maximum Gasteiger partial charge on any atom is 0.251 e. The summed E-state index contributed by atoms with van der Waals surface area (Å²) in [7, 11) is 0. The fraction of sp³-hybridized carbons (Fsp3) is 0.647. The van der Waals surface area contributed by atoms with Gasteiger partial charge in [-0.2, -0.15) is 0 Å². The van der Waals surface area contributed by atoms with Gasteiger partial charge in [0.1, 0.15) is 11.2 Å². The Hall–Kier alpha value is -0.660. The molecule has 0 amide bonds. The number of hydrogen-bond acceptors (Lipinski definition) is 4. The molecule has 4 rings (SSSR count). The van der Waals surface area contributed by atoms with E-state index in [4.69, 9.17) is 0 Å². The molecule has 2 saturated carbocycles. The van der Waals surface area contributed by atoms with Gasteiger partial charge in [-0.25, -0.2) is 13.2 Å². The maximum atomic E-state index is 13.3. The number of anilines is 1. The minimum atomic E-state index is -2.51. The van der Waals surface area contributed by atoms with E-state index in [1.165, 1.54) is 28.8 Å². The second-order valence-electron chi connectivity index (χ2n) is 7.06. The Morgan fingerprint density at radius 2 is 1.96 bits per heavy atom. The number of halogens is 3. The number of allylic oxidation sites excluding steroid dienone is 1. The number of nitrogens with one attached hydrogen (secondary N) is 2. The van der Waals surface area contributed by atoms with E-state index < -0.39 is 12.1 Å². The number of rotatable bonds is 6. The molecule has 0 unspecified atom stereocenters. The second-order valence-corrected chi connectivity index (χ2v) is 9.01. The zero-order valence-corrected chi connectivity index (χ0v) is 15.0. The van der Waals surface area contributed by atoms with Crippen LogP contribution in [0.25, 0.3) is 0 Å². The fourth-order valence-electron chi connectivity index (χ4n) is 3.38. The van der Waals surface area contributed by atoms with Crippen molar-refractivity contribution in [2.45, 2.75) is 68.0 Å². The van der Waals surface area contributed by atoms with Crippen molar-refractivity contribution < 1.29 is 13.2 Å². The van der Waals surface area contributed by atoms with Crippen molar-refractivity contribution in [3.05, 3.63) is 22.7 Å². The van der Waals surface area contributed by atoms with Crippen LogP contribution in [0.5, 0.6) is 0 Å². The van der Waals surface area contributed by atoms with Crippen LogP contribution in [-0.4, -0.2) is 18.1 Å². The lowest BCUT2D eigenvalue weighted by Gasteiger charge is -2.35. The zero-order valence-electron chi connectivity index (χ0n) is 13.3. The van der Waals surface area contributed by atoms with Gasteiger partial charge in [-0.3, -0.25) is 4.72 Å². The summed E-state index contributed by atoms with van der Waals surface area (Å²) in [5, 5.41) is 4.31. The molecular weight excluding hydrogens is 353 g/mol. The minimum absolute atomic E-state index is 0.0831. The summed E-state index contributed by atoms with van der Waals surface area (Å²) < 4.78 is 42.5. The smallest absolute Gasteiger partial charge is 0.251 e. The van der Waals surface area contributed by atoms with Crippen LogP contribution in [0.2, 0.25) is 0 Å². The molecule has 0 aromatic carbocycles. The highest BCUT2D eigenvalue weighted by molar-refractivity contribution is 7.97. The highest BCUT2D eigenvalue weighted by atomic mass is 32.2. The van der Waals surface area contributed by atoms with Crippen molar-refractivity contribution in [3.8, 4) is 0 Å². The average molecular weight is 374 g/mol. The van der Waals surface area contributed by atoms with E-state index >= 15 is 0 Å². The number of fused-ring (bicyclic) bond motifs is 1. The average Bonchev–Trinajstić information content (AvgIpc) is 3.14. The Morgan fingerprint density at radius 1 is 1.25 bits per heavy atom. The predicted molar refractivity (Wildman–Crippen MR) is 93.7 cm³/mol. The van der Waals surface area contributed by atoms with Gasteiger partial charge in [0.15, 0.2) is 0 Å². The highest BCUT2D eigenvalue weighted by Crippen LogP contribution is 2.47. The molecule has 0 spiro atoms. The van der Waals surface area contributed by atoms with Crippen molar-refractivity contribution in [1.82, 2.24) is 4.72 Å². The molecule has 3 aliphatic rings. The highest BCUT2D eigenvalue weighted by Gasteiger charge is 2.45. The third-order valence-corrected chi connectivity index (χ3v) is 7.42. The molecule has 0 radical (unpaired) electrons. The third-order valence-electron chi connectivity index (χ3n) is 4.97. The first-order valence-electron chi connectivity index (χ1n) is 8.47. The standard InChI is InChI=1S/C17H21F3N2S2/c1-9(12-6-13(12)18)21-16-15(11-4-2-3-5-14(11)23-16)24-22-10-7-17(19,20)8-10/h10,12-13,21-22H,1-8H2/t12-,13+/m1/s1. The first-order valence-corrected chi connectivity index (χ1v) is 10.1. The molecule has 1 heterocycles. The Labute approximate surface area is 148 Å². The van der Waals surface area contributed by atoms with Crippen LogP contribution in [0.3, 0.4) is 0 Å². The number of aryl methyl sites for hydroxylation is 1. The van der Waals surface area contributed by atoms with Gasteiger partial charge >= 0.3 is 0 Å². The molecule has 0 saturated heterocycles. The van der Waals surface area contributed by atoms with Crippen molar-refractivity contribution in [1.29, 1.82) is 0 Å². The summed E-state index contributed by atoms with van der Waals surface area (Å²) in [6.45, 7) is 3.98. The number of hydrogen-bond donors (Lipinski definition) is 2. The maximum absolute atomic E-state index is 13.3. The molecule has 2 fully saturated rings. The summed E-state index contributed by atoms with van der Waals surface area (Å²) in [6, 6.07) is -0.140. The van der Waals surface area contributed by atoms with Gasteiger partial charge in [0.05, 0.1) is 4.90 Å². The lowest BCUT2D eigenvalue weighted by atomic mass is 9.89. The Morgan fingerprint density at radius 3 is 2.62 bits per heavy atom. The quantitative estimate of drug-likeness (QED) is 0.660. The van der Waals surface area contributed by atoms with E-state index in [0.717, 1.165) is 34.9 Å². The van der Waals surface area contributed by atoms with E-state index in [1.807, 2.05) is 0 Å². The molecule has 2 atom stereocenters.